The number of anilines is 1. The zero-order chi connectivity index (χ0) is 12.6. The second-order valence-corrected chi connectivity index (χ2v) is 5.32. The van der Waals surface area contributed by atoms with Crippen LogP contribution < -0.4 is 4.90 Å². The van der Waals surface area contributed by atoms with Crippen molar-refractivity contribution in [3.63, 3.8) is 0 Å². The monoisotopic (exact) mass is 231 g/mol. The molecule has 2 nitrogen and oxygen atoms in total. The summed E-state index contributed by atoms with van der Waals surface area (Å²) < 4.78 is 0. The maximum Gasteiger partial charge on any atom is 0.224 e. The van der Waals surface area contributed by atoms with Crippen molar-refractivity contribution in [2.75, 3.05) is 4.90 Å². The largest absolute Gasteiger partial charge is 0.310 e. The van der Waals surface area contributed by atoms with E-state index in [-0.39, 0.29) is 5.91 Å². The van der Waals surface area contributed by atoms with Gasteiger partial charge in [0.05, 0.1) is 0 Å². The zero-order valence-electron chi connectivity index (χ0n) is 11.2. The van der Waals surface area contributed by atoms with Crippen LogP contribution >= 0.6 is 0 Å². The van der Waals surface area contributed by atoms with Crippen LogP contribution in [0.4, 0.5) is 5.69 Å². The zero-order valence-corrected chi connectivity index (χ0v) is 11.2. The Bertz CT molecular complexity index is 437. The number of aryl methyl sites for hydroxylation is 1. The van der Waals surface area contributed by atoms with E-state index in [4.69, 9.17) is 0 Å². The lowest BCUT2D eigenvalue weighted by Crippen LogP contribution is -2.40. The van der Waals surface area contributed by atoms with Gasteiger partial charge in [0.15, 0.2) is 0 Å². The Morgan fingerprint density at radius 2 is 2.12 bits per heavy atom. The highest BCUT2D eigenvalue weighted by molar-refractivity contribution is 5.93. The molecule has 2 rings (SSSR count). The van der Waals surface area contributed by atoms with Gasteiger partial charge >= 0.3 is 0 Å². The predicted molar refractivity (Wildman–Crippen MR) is 71.5 cm³/mol. The molecule has 2 heteroatoms. The Morgan fingerprint density at radius 1 is 1.41 bits per heavy atom. The van der Waals surface area contributed by atoms with Gasteiger partial charge in [0.1, 0.15) is 0 Å². The van der Waals surface area contributed by atoms with Crippen molar-refractivity contribution in [3.05, 3.63) is 29.3 Å². The normalized spacial score (nSPS) is 19.4. The van der Waals surface area contributed by atoms with Crippen LogP contribution in [0.2, 0.25) is 0 Å². The van der Waals surface area contributed by atoms with Crippen molar-refractivity contribution in [1.82, 2.24) is 0 Å². The molecule has 1 atom stereocenters. The fraction of sp³-hybridized carbons (Fsp3) is 0.533. The number of nitrogens with zero attached hydrogens (tertiary/aromatic N) is 1. The minimum atomic E-state index is 0.149. The molecular formula is C15H21NO. The number of carbonyl (C=O) groups excluding carboxylic acids is 1. The second kappa shape index (κ2) is 4.52. The van der Waals surface area contributed by atoms with Crippen molar-refractivity contribution in [2.45, 2.75) is 52.5 Å². The van der Waals surface area contributed by atoms with Gasteiger partial charge in [-0.05, 0) is 42.9 Å². The minimum absolute atomic E-state index is 0.149. The van der Waals surface area contributed by atoms with Crippen LogP contribution in [0.25, 0.3) is 0 Å². The molecule has 1 aromatic rings. The van der Waals surface area contributed by atoms with Gasteiger partial charge in [0.2, 0.25) is 5.91 Å². The molecule has 0 bridgehead atoms. The summed E-state index contributed by atoms with van der Waals surface area (Å²) in [4.78, 5) is 13.7. The van der Waals surface area contributed by atoms with E-state index in [9.17, 15) is 4.79 Å². The predicted octanol–water partition coefficient (Wildman–Crippen LogP) is 3.50. The number of hydrogen-bond acceptors (Lipinski definition) is 1. The molecule has 1 aromatic carbocycles. The van der Waals surface area contributed by atoms with E-state index in [2.05, 4.69) is 39.0 Å². The molecule has 0 saturated carbocycles. The first-order valence-corrected chi connectivity index (χ1v) is 6.43. The summed E-state index contributed by atoms with van der Waals surface area (Å²) in [5.74, 6) is 0.696. The number of amides is 1. The Balaban J connectivity index is 2.44. The molecule has 0 aromatic heterocycles. The lowest BCUT2D eigenvalue weighted by atomic mass is 9.92. The van der Waals surface area contributed by atoms with Crippen LogP contribution in [-0.2, 0) is 11.2 Å². The molecule has 0 fully saturated rings. The van der Waals surface area contributed by atoms with Crippen LogP contribution in [0.3, 0.4) is 0 Å². The topological polar surface area (TPSA) is 20.3 Å². The van der Waals surface area contributed by atoms with E-state index in [1.807, 2.05) is 4.90 Å². The molecule has 0 N–H and O–H groups in total. The molecule has 92 valence electrons. The lowest BCUT2D eigenvalue weighted by molar-refractivity contribution is -0.117. The first-order chi connectivity index (χ1) is 8.00. The maximum absolute atomic E-state index is 11.7. The van der Waals surface area contributed by atoms with Crippen LogP contribution in [0.1, 0.15) is 51.2 Å². The van der Waals surface area contributed by atoms with Crippen LogP contribution in [-0.4, -0.2) is 11.9 Å². The second-order valence-electron chi connectivity index (χ2n) is 5.32. The van der Waals surface area contributed by atoms with Gasteiger partial charge in [0.25, 0.3) is 0 Å². The van der Waals surface area contributed by atoms with E-state index in [0.29, 0.717) is 12.0 Å². The molecule has 0 aliphatic carbocycles. The Hall–Kier alpha value is -1.31. The summed E-state index contributed by atoms with van der Waals surface area (Å²) in [5, 5.41) is 0. The highest BCUT2D eigenvalue weighted by Gasteiger charge is 2.26. The smallest absolute Gasteiger partial charge is 0.224 e. The first kappa shape index (κ1) is 12.2. The highest BCUT2D eigenvalue weighted by atomic mass is 16.2. The quantitative estimate of drug-likeness (QED) is 0.724. The minimum Gasteiger partial charge on any atom is -0.310 e. The molecule has 0 radical (unpaired) electrons. The van der Waals surface area contributed by atoms with Gasteiger partial charge in [-0.2, -0.15) is 0 Å². The molecule has 1 amide bonds. The van der Waals surface area contributed by atoms with Gasteiger partial charge in [-0.25, -0.2) is 0 Å². The van der Waals surface area contributed by atoms with Gasteiger partial charge in [-0.3, -0.25) is 4.79 Å². The van der Waals surface area contributed by atoms with Crippen LogP contribution in [0.5, 0.6) is 0 Å². The summed E-state index contributed by atoms with van der Waals surface area (Å²) in [6.07, 6.45) is 2.15. The summed E-state index contributed by atoms with van der Waals surface area (Å²) >= 11 is 0. The van der Waals surface area contributed by atoms with E-state index >= 15 is 0 Å². The van der Waals surface area contributed by atoms with Crippen LogP contribution in [0, 0.1) is 0 Å². The molecular weight excluding hydrogens is 210 g/mol. The Kier molecular flexibility index (Phi) is 3.23. The molecule has 0 saturated heterocycles. The van der Waals surface area contributed by atoms with E-state index < -0.39 is 0 Å². The van der Waals surface area contributed by atoms with Crippen LogP contribution in [0.15, 0.2) is 18.2 Å². The Labute approximate surface area is 104 Å². The fourth-order valence-corrected chi connectivity index (χ4v) is 2.61. The highest BCUT2D eigenvalue weighted by Crippen LogP contribution is 2.32. The third-order valence-electron chi connectivity index (χ3n) is 3.64. The number of carbonyl (C=O) groups is 1. The van der Waals surface area contributed by atoms with Crippen molar-refractivity contribution in [1.29, 1.82) is 0 Å². The average molecular weight is 231 g/mol. The molecule has 0 spiro atoms. The summed E-state index contributed by atoms with van der Waals surface area (Å²) in [6, 6.07) is 6.85. The molecule has 1 heterocycles. The summed E-state index contributed by atoms with van der Waals surface area (Å²) in [6.45, 7) is 8.19. The van der Waals surface area contributed by atoms with Gasteiger partial charge in [-0.15, -0.1) is 0 Å². The molecule has 17 heavy (non-hydrogen) atoms. The average Bonchev–Trinajstić information content (AvgIpc) is 2.27. The van der Waals surface area contributed by atoms with Gasteiger partial charge < -0.3 is 4.90 Å². The van der Waals surface area contributed by atoms with Gasteiger partial charge in [-0.1, -0.05) is 26.0 Å². The van der Waals surface area contributed by atoms with Crippen molar-refractivity contribution in [2.24, 2.45) is 0 Å². The van der Waals surface area contributed by atoms with E-state index in [1.54, 1.807) is 6.92 Å². The fourth-order valence-electron chi connectivity index (χ4n) is 2.61. The number of rotatable bonds is 1. The number of benzene rings is 1. The lowest BCUT2D eigenvalue weighted by Gasteiger charge is -2.35. The molecule has 1 aliphatic rings. The summed E-state index contributed by atoms with van der Waals surface area (Å²) in [5.41, 5.74) is 3.80. The van der Waals surface area contributed by atoms with E-state index in [0.717, 1.165) is 18.5 Å². The Morgan fingerprint density at radius 3 is 2.71 bits per heavy atom. The van der Waals surface area contributed by atoms with E-state index in [1.165, 1.54) is 11.1 Å². The summed E-state index contributed by atoms with van der Waals surface area (Å²) in [7, 11) is 0. The standard InChI is InChI=1S/C15H21NO/c1-10(2)13-7-8-15-14(9-13)6-5-11(3)16(15)12(4)17/h7-11H,5-6H2,1-4H3/t11-/m0/s1. The van der Waals surface area contributed by atoms with Crippen molar-refractivity contribution >= 4 is 11.6 Å². The maximum atomic E-state index is 11.7. The SMILES string of the molecule is CC(=O)N1c2ccc(C(C)C)cc2CC[C@@H]1C. The number of fused-ring (bicyclic) bond motifs is 1. The van der Waals surface area contributed by atoms with Gasteiger partial charge in [0, 0.05) is 18.7 Å². The molecule has 1 aliphatic heterocycles. The van der Waals surface area contributed by atoms with Crippen molar-refractivity contribution < 1.29 is 4.79 Å². The first-order valence-electron chi connectivity index (χ1n) is 6.43. The van der Waals surface area contributed by atoms with Crippen molar-refractivity contribution in [3.8, 4) is 0 Å². The molecule has 0 unspecified atom stereocenters. The number of hydrogen-bond donors (Lipinski definition) is 0. The third kappa shape index (κ3) is 2.21. The third-order valence-corrected chi connectivity index (χ3v) is 3.64.